The van der Waals surface area contributed by atoms with Crippen LogP contribution in [0, 0.1) is 5.92 Å². The van der Waals surface area contributed by atoms with E-state index < -0.39 is 0 Å². The number of amides is 1. The van der Waals surface area contributed by atoms with Crippen LogP contribution in [-0.4, -0.2) is 40.6 Å². The molecule has 2 rings (SSSR count). The summed E-state index contributed by atoms with van der Waals surface area (Å²) in [5.41, 5.74) is 0.949. The Bertz CT molecular complexity index is 415. The number of hydrogen-bond donors (Lipinski definition) is 1. The molecule has 1 aliphatic rings. The molecule has 1 saturated heterocycles. The maximum absolute atomic E-state index is 10.9. The molecular formula is C13H19ClN4O. The van der Waals surface area contributed by atoms with E-state index in [9.17, 15) is 4.79 Å². The van der Waals surface area contributed by atoms with Gasteiger partial charge in [-0.05, 0) is 44.0 Å². The van der Waals surface area contributed by atoms with Gasteiger partial charge in [0.05, 0.1) is 5.69 Å². The smallest absolute Gasteiger partial charge is 0.216 e. The molecule has 0 atom stereocenters. The van der Waals surface area contributed by atoms with Crippen molar-refractivity contribution in [2.24, 2.45) is 5.92 Å². The zero-order valence-electron chi connectivity index (χ0n) is 11.1. The second-order valence-corrected chi connectivity index (χ2v) is 5.39. The molecule has 1 aromatic heterocycles. The van der Waals surface area contributed by atoms with E-state index in [0.717, 1.165) is 44.7 Å². The van der Waals surface area contributed by atoms with E-state index >= 15 is 0 Å². The van der Waals surface area contributed by atoms with Crippen LogP contribution in [-0.2, 0) is 11.3 Å². The molecule has 1 aromatic rings. The fourth-order valence-corrected chi connectivity index (χ4v) is 2.39. The fraction of sp³-hybridized carbons (Fsp3) is 0.615. The lowest BCUT2D eigenvalue weighted by molar-refractivity contribution is -0.119. The van der Waals surface area contributed by atoms with Gasteiger partial charge in [-0.1, -0.05) is 11.6 Å². The molecule has 6 heteroatoms. The van der Waals surface area contributed by atoms with Crippen molar-refractivity contribution in [2.45, 2.75) is 26.3 Å². The van der Waals surface area contributed by atoms with Crippen molar-refractivity contribution < 1.29 is 4.79 Å². The minimum atomic E-state index is 0.0545. The highest BCUT2D eigenvalue weighted by Crippen LogP contribution is 2.18. The van der Waals surface area contributed by atoms with Gasteiger partial charge in [-0.3, -0.25) is 9.69 Å². The van der Waals surface area contributed by atoms with Gasteiger partial charge in [0.15, 0.2) is 5.15 Å². The molecule has 104 valence electrons. The SMILES string of the molecule is CC(=O)NCC1CCN(Cc2ccc(Cl)nn2)CC1. The van der Waals surface area contributed by atoms with Gasteiger partial charge in [0, 0.05) is 20.0 Å². The number of halogens is 1. The number of aromatic nitrogens is 2. The quantitative estimate of drug-likeness (QED) is 0.909. The zero-order chi connectivity index (χ0) is 13.7. The van der Waals surface area contributed by atoms with E-state index in [4.69, 9.17) is 11.6 Å². The number of likely N-dealkylation sites (tertiary alicyclic amines) is 1. The van der Waals surface area contributed by atoms with Crippen molar-refractivity contribution in [3.63, 3.8) is 0 Å². The van der Waals surface area contributed by atoms with Gasteiger partial charge in [-0.25, -0.2) is 0 Å². The molecule has 1 aliphatic heterocycles. The van der Waals surface area contributed by atoms with E-state index in [1.165, 1.54) is 0 Å². The van der Waals surface area contributed by atoms with Gasteiger partial charge in [0.2, 0.25) is 5.91 Å². The summed E-state index contributed by atoms with van der Waals surface area (Å²) in [6, 6.07) is 3.69. The van der Waals surface area contributed by atoms with Gasteiger partial charge < -0.3 is 5.32 Å². The molecule has 0 saturated carbocycles. The summed E-state index contributed by atoms with van der Waals surface area (Å²) in [4.78, 5) is 13.2. The zero-order valence-corrected chi connectivity index (χ0v) is 11.9. The average molecular weight is 283 g/mol. The van der Waals surface area contributed by atoms with Crippen molar-refractivity contribution >= 4 is 17.5 Å². The molecule has 2 heterocycles. The lowest BCUT2D eigenvalue weighted by atomic mass is 9.96. The first-order chi connectivity index (χ1) is 9.13. The highest BCUT2D eigenvalue weighted by Gasteiger charge is 2.19. The molecule has 0 unspecified atom stereocenters. The van der Waals surface area contributed by atoms with Gasteiger partial charge in [-0.15, -0.1) is 5.10 Å². The van der Waals surface area contributed by atoms with Gasteiger partial charge >= 0.3 is 0 Å². The lowest BCUT2D eigenvalue weighted by Crippen LogP contribution is -2.38. The molecule has 0 radical (unpaired) electrons. The molecule has 0 spiro atoms. The largest absolute Gasteiger partial charge is 0.356 e. The Morgan fingerprint density at radius 3 is 2.74 bits per heavy atom. The Morgan fingerprint density at radius 1 is 1.42 bits per heavy atom. The fourth-order valence-electron chi connectivity index (χ4n) is 2.29. The lowest BCUT2D eigenvalue weighted by Gasteiger charge is -2.31. The van der Waals surface area contributed by atoms with E-state index in [2.05, 4.69) is 20.4 Å². The summed E-state index contributed by atoms with van der Waals surface area (Å²) < 4.78 is 0. The second-order valence-electron chi connectivity index (χ2n) is 5.00. The highest BCUT2D eigenvalue weighted by molar-refractivity contribution is 6.29. The second kappa shape index (κ2) is 6.82. The summed E-state index contributed by atoms with van der Waals surface area (Å²) in [6.07, 6.45) is 2.22. The molecule has 19 heavy (non-hydrogen) atoms. The van der Waals surface area contributed by atoms with Crippen LogP contribution in [0.5, 0.6) is 0 Å². The molecule has 0 bridgehead atoms. The third-order valence-corrected chi connectivity index (χ3v) is 3.62. The van der Waals surface area contributed by atoms with Crippen LogP contribution in [0.1, 0.15) is 25.5 Å². The number of rotatable bonds is 4. The normalized spacial score (nSPS) is 17.4. The number of carbonyl (C=O) groups excluding carboxylic acids is 1. The van der Waals surface area contributed by atoms with Crippen LogP contribution in [0.25, 0.3) is 0 Å². The van der Waals surface area contributed by atoms with Crippen LogP contribution in [0.15, 0.2) is 12.1 Å². The predicted molar refractivity (Wildman–Crippen MR) is 73.7 cm³/mol. The number of nitrogens with zero attached hydrogens (tertiary/aromatic N) is 3. The van der Waals surface area contributed by atoms with Crippen LogP contribution in [0.2, 0.25) is 5.15 Å². The minimum Gasteiger partial charge on any atom is -0.356 e. The predicted octanol–water partition coefficient (Wildman–Crippen LogP) is 1.48. The molecular weight excluding hydrogens is 264 g/mol. The summed E-state index contributed by atoms with van der Waals surface area (Å²) in [6.45, 7) is 5.25. The maximum atomic E-state index is 10.9. The van der Waals surface area contributed by atoms with Crippen molar-refractivity contribution in [1.82, 2.24) is 20.4 Å². The molecule has 1 N–H and O–H groups in total. The Kier molecular flexibility index (Phi) is 5.10. The van der Waals surface area contributed by atoms with Crippen molar-refractivity contribution in [2.75, 3.05) is 19.6 Å². The molecule has 0 aliphatic carbocycles. The first-order valence-corrected chi connectivity index (χ1v) is 6.96. The summed E-state index contributed by atoms with van der Waals surface area (Å²) in [5.74, 6) is 0.648. The Hall–Kier alpha value is -1.20. The summed E-state index contributed by atoms with van der Waals surface area (Å²) in [5, 5.41) is 11.2. The number of carbonyl (C=O) groups is 1. The molecule has 1 fully saturated rings. The standard InChI is InChI=1S/C13H19ClN4O/c1-10(19)15-8-11-4-6-18(7-5-11)9-12-2-3-13(14)17-16-12/h2-3,11H,4-9H2,1H3,(H,15,19). The van der Waals surface area contributed by atoms with E-state index in [0.29, 0.717) is 11.1 Å². The highest BCUT2D eigenvalue weighted by atomic mass is 35.5. The van der Waals surface area contributed by atoms with Crippen molar-refractivity contribution in [1.29, 1.82) is 0 Å². The maximum Gasteiger partial charge on any atom is 0.216 e. The van der Waals surface area contributed by atoms with Crippen molar-refractivity contribution in [3.05, 3.63) is 23.0 Å². The van der Waals surface area contributed by atoms with Gasteiger partial charge in [-0.2, -0.15) is 5.10 Å². The minimum absolute atomic E-state index is 0.0545. The Balaban J connectivity index is 1.74. The van der Waals surface area contributed by atoms with Gasteiger partial charge in [0.1, 0.15) is 0 Å². The number of hydrogen-bond acceptors (Lipinski definition) is 4. The van der Waals surface area contributed by atoms with E-state index in [-0.39, 0.29) is 5.91 Å². The monoisotopic (exact) mass is 282 g/mol. The first kappa shape index (κ1) is 14.2. The summed E-state index contributed by atoms with van der Waals surface area (Å²) in [7, 11) is 0. The Morgan fingerprint density at radius 2 is 2.16 bits per heavy atom. The van der Waals surface area contributed by atoms with E-state index in [1.54, 1.807) is 13.0 Å². The van der Waals surface area contributed by atoms with Crippen LogP contribution in [0.3, 0.4) is 0 Å². The van der Waals surface area contributed by atoms with Crippen LogP contribution in [0.4, 0.5) is 0 Å². The number of piperidine rings is 1. The number of nitrogens with one attached hydrogen (secondary N) is 1. The average Bonchev–Trinajstić information content (AvgIpc) is 2.40. The Labute approximate surface area is 118 Å². The van der Waals surface area contributed by atoms with Crippen molar-refractivity contribution in [3.8, 4) is 0 Å². The van der Waals surface area contributed by atoms with E-state index in [1.807, 2.05) is 6.07 Å². The third-order valence-electron chi connectivity index (χ3n) is 3.42. The third kappa shape index (κ3) is 4.76. The van der Waals surface area contributed by atoms with Crippen LogP contribution >= 0.6 is 11.6 Å². The molecule has 1 amide bonds. The topological polar surface area (TPSA) is 58.1 Å². The first-order valence-electron chi connectivity index (χ1n) is 6.58. The molecule has 5 nitrogen and oxygen atoms in total. The summed E-state index contributed by atoms with van der Waals surface area (Å²) >= 11 is 5.71. The van der Waals surface area contributed by atoms with Gasteiger partial charge in [0.25, 0.3) is 0 Å². The van der Waals surface area contributed by atoms with Crippen LogP contribution < -0.4 is 5.32 Å². The molecule has 0 aromatic carbocycles.